The van der Waals surface area contributed by atoms with Gasteiger partial charge in [0.15, 0.2) is 5.43 Å². The number of fused-ring (bicyclic) bond motifs is 3. The molecule has 0 radical (unpaired) electrons. The van der Waals surface area contributed by atoms with Gasteiger partial charge in [-0.3, -0.25) is 9.69 Å². The quantitative estimate of drug-likeness (QED) is 0.789. The molecule has 4 rings (SSSR count). The molecule has 1 aliphatic carbocycles. The topological polar surface area (TPSA) is 45.3 Å². The maximum absolute atomic E-state index is 13.4. The average Bonchev–Trinajstić information content (AvgIpc) is 2.85. The summed E-state index contributed by atoms with van der Waals surface area (Å²) in [5.74, 6) is 0.779. The zero-order chi connectivity index (χ0) is 20.1. The van der Waals surface area contributed by atoms with E-state index in [0.29, 0.717) is 23.5 Å². The smallest absolute Gasteiger partial charge is 0.194 e. The fourth-order valence-corrected chi connectivity index (χ4v) is 5.90. The Morgan fingerprint density at radius 1 is 1.25 bits per heavy atom. The van der Waals surface area contributed by atoms with Crippen molar-refractivity contribution in [3.8, 4) is 5.75 Å². The number of benzene rings is 1. The van der Waals surface area contributed by atoms with E-state index in [1.807, 2.05) is 25.1 Å². The van der Waals surface area contributed by atoms with Crippen LogP contribution in [0.25, 0.3) is 10.9 Å². The molecule has 4 nitrogen and oxygen atoms in total. The van der Waals surface area contributed by atoms with E-state index < -0.39 is 0 Å². The van der Waals surface area contributed by atoms with Crippen molar-refractivity contribution in [3.05, 3.63) is 39.7 Å². The van der Waals surface area contributed by atoms with Gasteiger partial charge >= 0.3 is 0 Å². The summed E-state index contributed by atoms with van der Waals surface area (Å²) in [7, 11) is 0. The Bertz CT molecular complexity index is 946. The number of nitrogens with one attached hydrogen (secondary N) is 1. The molecule has 2 fully saturated rings. The molecular formula is C24H34N2O2. The number of H-pyrrole nitrogens is 1. The molecule has 0 amide bonds. The van der Waals surface area contributed by atoms with Crippen LogP contribution in [-0.2, 0) is 6.54 Å². The van der Waals surface area contributed by atoms with Crippen LogP contribution in [0.4, 0.5) is 0 Å². The van der Waals surface area contributed by atoms with E-state index >= 15 is 0 Å². The number of rotatable bonds is 5. The van der Waals surface area contributed by atoms with Crippen LogP contribution in [0.3, 0.4) is 0 Å². The normalized spacial score (nSPS) is 26.7. The molecule has 1 aliphatic heterocycles. The molecule has 2 bridgehead atoms. The predicted molar refractivity (Wildman–Crippen MR) is 115 cm³/mol. The first kappa shape index (κ1) is 19.5. The minimum atomic E-state index is 0.152. The lowest BCUT2D eigenvalue weighted by Crippen LogP contribution is -2.35. The van der Waals surface area contributed by atoms with Gasteiger partial charge in [-0.1, -0.05) is 27.7 Å². The minimum Gasteiger partial charge on any atom is -0.494 e. The molecular weight excluding hydrogens is 348 g/mol. The monoisotopic (exact) mass is 382 g/mol. The number of aromatic amines is 1. The predicted octanol–water partition coefficient (Wildman–Crippen LogP) is 5.03. The zero-order valence-corrected chi connectivity index (χ0v) is 18.0. The van der Waals surface area contributed by atoms with Gasteiger partial charge in [0.25, 0.3) is 0 Å². The first-order valence-electron chi connectivity index (χ1n) is 10.7. The summed E-state index contributed by atoms with van der Waals surface area (Å²) in [6.45, 7) is 13.8. The number of nitrogens with zero attached hydrogens (tertiary/aromatic N) is 1. The van der Waals surface area contributed by atoms with Crippen LogP contribution in [0.1, 0.15) is 64.6 Å². The first-order chi connectivity index (χ1) is 13.2. The standard InChI is InChI=1S/C24H34N2O2/c1-6-9-28-18-7-8-21-19(10-18)22(27)20(16(2)25-21)13-26-15-24(5)12-17(26)11-23(3,4)14-24/h7-8,10,17H,6,9,11-15H2,1-5H3,(H,25,27). The zero-order valence-electron chi connectivity index (χ0n) is 18.0. The van der Waals surface area contributed by atoms with Crippen LogP contribution >= 0.6 is 0 Å². The van der Waals surface area contributed by atoms with Gasteiger partial charge in [-0.2, -0.15) is 0 Å². The largest absolute Gasteiger partial charge is 0.494 e. The Balaban J connectivity index is 1.66. The molecule has 1 aromatic carbocycles. The van der Waals surface area contributed by atoms with Crippen molar-refractivity contribution in [1.29, 1.82) is 0 Å². The second-order valence-corrected chi connectivity index (χ2v) is 10.2. The third-order valence-corrected chi connectivity index (χ3v) is 6.64. The molecule has 2 aromatic rings. The first-order valence-corrected chi connectivity index (χ1v) is 10.7. The molecule has 1 aromatic heterocycles. The summed E-state index contributed by atoms with van der Waals surface area (Å²) >= 11 is 0. The van der Waals surface area contributed by atoms with Crippen molar-refractivity contribution in [3.63, 3.8) is 0 Å². The highest BCUT2D eigenvalue weighted by Crippen LogP contribution is 2.52. The lowest BCUT2D eigenvalue weighted by atomic mass is 9.65. The highest BCUT2D eigenvalue weighted by atomic mass is 16.5. The summed E-state index contributed by atoms with van der Waals surface area (Å²) in [5, 5.41) is 0.739. The summed E-state index contributed by atoms with van der Waals surface area (Å²) < 4.78 is 5.75. The SMILES string of the molecule is CCCOc1ccc2[nH]c(C)c(CN3CC4(C)CC3CC(C)(C)C4)c(=O)c2c1. The number of ether oxygens (including phenoxy) is 1. The number of aryl methyl sites for hydroxylation is 1. The van der Waals surface area contributed by atoms with Gasteiger partial charge in [0.1, 0.15) is 5.75 Å². The van der Waals surface area contributed by atoms with Crippen molar-refractivity contribution in [1.82, 2.24) is 9.88 Å². The Morgan fingerprint density at radius 3 is 2.79 bits per heavy atom. The van der Waals surface area contributed by atoms with Crippen LogP contribution in [0.15, 0.2) is 23.0 Å². The number of likely N-dealkylation sites (tertiary alicyclic amines) is 1. The molecule has 28 heavy (non-hydrogen) atoms. The molecule has 2 aliphatic rings. The molecule has 152 valence electrons. The lowest BCUT2D eigenvalue weighted by molar-refractivity contribution is 0.126. The van der Waals surface area contributed by atoms with Gasteiger partial charge in [0.2, 0.25) is 0 Å². The number of aromatic nitrogens is 1. The molecule has 1 N–H and O–H groups in total. The molecule has 2 atom stereocenters. The highest BCUT2D eigenvalue weighted by molar-refractivity contribution is 5.81. The molecule has 1 saturated carbocycles. The maximum atomic E-state index is 13.4. The Labute approximate surface area is 168 Å². The summed E-state index contributed by atoms with van der Waals surface area (Å²) in [5.41, 5.74) is 3.72. The van der Waals surface area contributed by atoms with Gasteiger partial charge in [-0.15, -0.1) is 0 Å². The van der Waals surface area contributed by atoms with Crippen LogP contribution in [-0.4, -0.2) is 29.1 Å². The second kappa shape index (κ2) is 6.91. The van der Waals surface area contributed by atoms with Gasteiger partial charge in [-0.05, 0) is 61.6 Å². The van der Waals surface area contributed by atoms with Gasteiger partial charge in [0, 0.05) is 41.3 Å². The minimum absolute atomic E-state index is 0.152. The van der Waals surface area contributed by atoms with E-state index in [4.69, 9.17) is 4.74 Å². The van der Waals surface area contributed by atoms with Crippen LogP contribution < -0.4 is 10.2 Å². The Morgan fingerprint density at radius 2 is 2.04 bits per heavy atom. The summed E-state index contributed by atoms with van der Waals surface area (Å²) in [4.78, 5) is 19.4. The molecule has 2 heterocycles. The Hall–Kier alpha value is -1.81. The van der Waals surface area contributed by atoms with Crippen molar-refractivity contribution in [2.45, 2.75) is 72.9 Å². The van der Waals surface area contributed by atoms with Crippen molar-refractivity contribution in [2.75, 3.05) is 13.2 Å². The van der Waals surface area contributed by atoms with Crippen LogP contribution in [0.5, 0.6) is 5.75 Å². The maximum Gasteiger partial charge on any atom is 0.194 e. The third-order valence-electron chi connectivity index (χ3n) is 6.64. The van der Waals surface area contributed by atoms with Crippen LogP contribution in [0.2, 0.25) is 0 Å². The van der Waals surface area contributed by atoms with E-state index in [0.717, 1.165) is 47.4 Å². The molecule has 2 unspecified atom stereocenters. The van der Waals surface area contributed by atoms with Crippen molar-refractivity contribution >= 4 is 10.9 Å². The fourth-order valence-electron chi connectivity index (χ4n) is 5.90. The van der Waals surface area contributed by atoms with Crippen LogP contribution in [0, 0.1) is 17.8 Å². The fraction of sp³-hybridized carbons (Fsp3) is 0.625. The van der Waals surface area contributed by atoms with E-state index in [1.165, 1.54) is 19.3 Å². The number of hydrogen-bond donors (Lipinski definition) is 1. The van der Waals surface area contributed by atoms with Crippen molar-refractivity contribution in [2.24, 2.45) is 10.8 Å². The lowest BCUT2D eigenvalue weighted by Gasteiger charge is -2.40. The van der Waals surface area contributed by atoms with E-state index in [1.54, 1.807) is 0 Å². The summed E-state index contributed by atoms with van der Waals surface area (Å²) in [6, 6.07) is 6.40. The Kier molecular flexibility index (Phi) is 4.81. The highest BCUT2D eigenvalue weighted by Gasteiger charge is 2.49. The number of pyridine rings is 1. The third kappa shape index (κ3) is 3.59. The van der Waals surface area contributed by atoms with Gasteiger partial charge in [-0.25, -0.2) is 0 Å². The van der Waals surface area contributed by atoms with E-state index in [2.05, 4.69) is 37.6 Å². The summed E-state index contributed by atoms with van der Waals surface area (Å²) in [6.07, 6.45) is 4.72. The molecule has 0 spiro atoms. The average molecular weight is 383 g/mol. The van der Waals surface area contributed by atoms with E-state index in [9.17, 15) is 4.79 Å². The van der Waals surface area contributed by atoms with Crippen molar-refractivity contribution < 1.29 is 4.74 Å². The number of hydrogen-bond acceptors (Lipinski definition) is 3. The van der Waals surface area contributed by atoms with E-state index in [-0.39, 0.29) is 5.43 Å². The second-order valence-electron chi connectivity index (χ2n) is 10.2. The van der Waals surface area contributed by atoms with Gasteiger partial charge < -0.3 is 9.72 Å². The molecule has 4 heteroatoms. The van der Waals surface area contributed by atoms with Gasteiger partial charge in [0.05, 0.1) is 6.61 Å². The molecule has 1 saturated heterocycles.